The smallest absolute Gasteiger partial charge is 0.239 e. The Balaban J connectivity index is 1.79. The van der Waals surface area contributed by atoms with E-state index in [-0.39, 0.29) is 11.9 Å². The molecule has 1 fully saturated rings. The number of carbonyl (C=O) groups excluding carboxylic acids is 1. The summed E-state index contributed by atoms with van der Waals surface area (Å²) in [5.74, 6) is -0.685. The lowest BCUT2D eigenvalue weighted by Crippen LogP contribution is -2.62. The van der Waals surface area contributed by atoms with Crippen molar-refractivity contribution in [3.05, 3.63) is 82.2 Å². The van der Waals surface area contributed by atoms with E-state index in [1.165, 1.54) is 4.90 Å². The van der Waals surface area contributed by atoms with E-state index in [1.54, 1.807) is 24.5 Å². The maximum atomic E-state index is 13.5. The Bertz CT molecular complexity index is 1360. The van der Waals surface area contributed by atoms with Crippen molar-refractivity contribution in [3.63, 3.8) is 0 Å². The number of hydrogen-bond donors (Lipinski definition) is 2. The SMILES string of the molecule is CN1C(=N)N[C@](C)(c2ccc(-c3cccc(C#N)c3)s2)[C@@H](c2ccc(C(C)(C)C#N)cc2)C1=O. The van der Waals surface area contributed by atoms with Crippen LogP contribution in [-0.4, -0.2) is 23.8 Å². The van der Waals surface area contributed by atoms with Gasteiger partial charge in [-0.15, -0.1) is 11.3 Å². The fourth-order valence-corrected chi connectivity index (χ4v) is 5.44. The lowest BCUT2D eigenvalue weighted by Gasteiger charge is -2.45. The predicted molar refractivity (Wildman–Crippen MR) is 133 cm³/mol. The normalized spacial score (nSPS) is 20.4. The third-order valence-electron chi connectivity index (χ3n) is 6.51. The Morgan fingerprint density at radius 3 is 2.47 bits per heavy atom. The summed E-state index contributed by atoms with van der Waals surface area (Å²) >= 11 is 1.54. The maximum absolute atomic E-state index is 13.5. The zero-order valence-electron chi connectivity index (χ0n) is 19.5. The largest absolute Gasteiger partial charge is 0.345 e. The van der Waals surface area contributed by atoms with Crippen LogP contribution in [0.4, 0.5) is 0 Å². The third kappa shape index (κ3) is 3.85. The predicted octanol–water partition coefficient (Wildman–Crippen LogP) is 5.08. The number of carbonyl (C=O) groups is 1. The quantitative estimate of drug-likeness (QED) is 0.558. The molecule has 170 valence electrons. The van der Waals surface area contributed by atoms with Gasteiger partial charge in [-0.2, -0.15) is 10.5 Å². The topological polar surface area (TPSA) is 104 Å². The molecule has 4 rings (SSSR count). The van der Waals surface area contributed by atoms with Crippen molar-refractivity contribution in [1.29, 1.82) is 15.9 Å². The van der Waals surface area contributed by atoms with Crippen LogP contribution in [0.15, 0.2) is 60.7 Å². The Labute approximate surface area is 203 Å². The molecule has 0 radical (unpaired) electrons. The molecular weight excluding hydrogens is 442 g/mol. The van der Waals surface area contributed by atoms with Crippen LogP contribution in [0.1, 0.15) is 48.3 Å². The minimum Gasteiger partial charge on any atom is -0.345 e. The maximum Gasteiger partial charge on any atom is 0.239 e. The van der Waals surface area contributed by atoms with Gasteiger partial charge in [0.2, 0.25) is 5.91 Å². The van der Waals surface area contributed by atoms with Gasteiger partial charge in [0, 0.05) is 16.8 Å². The van der Waals surface area contributed by atoms with Crippen LogP contribution >= 0.6 is 11.3 Å². The van der Waals surface area contributed by atoms with Gasteiger partial charge in [-0.3, -0.25) is 15.1 Å². The first-order valence-electron chi connectivity index (χ1n) is 10.9. The lowest BCUT2D eigenvalue weighted by atomic mass is 9.76. The van der Waals surface area contributed by atoms with Gasteiger partial charge in [-0.05, 0) is 61.7 Å². The highest BCUT2D eigenvalue weighted by molar-refractivity contribution is 7.15. The van der Waals surface area contributed by atoms with E-state index >= 15 is 0 Å². The fraction of sp³-hybridized carbons (Fsp3) is 0.259. The first-order chi connectivity index (χ1) is 16.1. The van der Waals surface area contributed by atoms with E-state index in [0.717, 1.165) is 26.4 Å². The summed E-state index contributed by atoms with van der Waals surface area (Å²) in [6, 6.07) is 23.5. The highest BCUT2D eigenvalue weighted by atomic mass is 32.1. The number of guanidine groups is 1. The first kappa shape index (κ1) is 23.2. The molecular formula is C27H25N5OS. The van der Waals surface area contributed by atoms with Crippen molar-refractivity contribution < 1.29 is 4.79 Å². The number of nitrogens with zero attached hydrogens (tertiary/aromatic N) is 3. The van der Waals surface area contributed by atoms with E-state index < -0.39 is 16.9 Å². The van der Waals surface area contributed by atoms with Crippen LogP contribution in [0.3, 0.4) is 0 Å². The summed E-state index contributed by atoms with van der Waals surface area (Å²) in [5, 5.41) is 30.4. The molecule has 2 aromatic carbocycles. The number of rotatable bonds is 4. The molecule has 2 N–H and O–H groups in total. The molecule has 7 heteroatoms. The zero-order chi connectivity index (χ0) is 24.7. The molecule has 2 heterocycles. The molecule has 1 aliphatic heterocycles. The standard InChI is InChI=1S/C27H25N5OS/c1-26(2,16-29)20-10-8-18(9-11-20)23-24(33)32(4)25(30)31-27(23,3)22-13-12-21(34-22)19-7-5-6-17(14-19)15-28/h5-14,23H,1-4H3,(H2,30,31)/t23-,27+/m0/s1. The molecule has 0 aliphatic carbocycles. The van der Waals surface area contributed by atoms with Crippen LogP contribution in [0.25, 0.3) is 10.4 Å². The number of thiophene rings is 1. The van der Waals surface area contributed by atoms with E-state index in [9.17, 15) is 15.3 Å². The fourth-order valence-electron chi connectivity index (χ4n) is 4.30. The summed E-state index contributed by atoms with van der Waals surface area (Å²) in [7, 11) is 1.60. The summed E-state index contributed by atoms with van der Waals surface area (Å²) in [5.41, 5.74) is 1.75. The molecule has 1 amide bonds. The molecule has 0 bridgehead atoms. The van der Waals surface area contributed by atoms with Gasteiger partial charge in [0.25, 0.3) is 0 Å². The van der Waals surface area contributed by atoms with Crippen LogP contribution in [0.5, 0.6) is 0 Å². The second-order valence-corrected chi connectivity index (χ2v) is 10.3. The van der Waals surface area contributed by atoms with Crippen LogP contribution in [0.2, 0.25) is 0 Å². The summed E-state index contributed by atoms with van der Waals surface area (Å²) in [6.45, 7) is 5.68. The lowest BCUT2D eigenvalue weighted by molar-refractivity contribution is -0.131. The number of nitrogens with one attached hydrogen (secondary N) is 2. The van der Waals surface area contributed by atoms with Crippen molar-refractivity contribution in [2.45, 2.75) is 37.6 Å². The van der Waals surface area contributed by atoms with Gasteiger partial charge in [0.15, 0.2) is 5.96 Å². The van der Waals surface area contributed by atoms with Gasteiger partial charge in [-0.25, -0.2) is 0 Å². The minimum absolute atomic E-state index is 0.0485. The van der Waals surface area contributed by atoms with E-state index in [1.807, 2.05) is 75.4 Å². The van der Waals surface area contributed by atoms with E-state index in [4.69, 9.17) is 5.41 Å². The average Bonchev–Trinajstić information content (AvgIpc) is 3.34. The Morgan fingerprint density at radius 1 is 1.12 bits per heavy atom. The molecule has 34 heavy (non-hydrogen) atoms. The van der Waals surface area contributed by atoms with E-state index in [0.29, 0.717) is 5.56 Å². The highest BCUT2D eigenvalue weighted by Gasteiger charge is 2.49. The molecule has 1 aliphatic rings. The zero-order valence-corrected chi connectivity index (χ0v) is 20.3. The second-order valence-electron chi connectivity index (χ2n) is 9.22. The second kappa shape index (κ2) is 8.44. The van der Waals surface area contributed by atoms with Gasteiger partial charge in [0.1, 0.15) is 0 Å². The molecule has 1 saturated heterocycles. The molecule has 3 aromatic rings. The Kier molecular flexibility index (Phi) is 5.77. The summed E-state index contributed by atoms with van der Waals surface area (Å²) < 4.78 is 0. The summed E-state index contributed by atoms with van der Waals surface area (Å²) in [4.78, 5) is 16.7. The van der Waals surface area contributed by atoms with Gasteiger partial charge < -0.3 is 5.32 Å². The monoisotopic (exact) mass is 467 g/mol. The Morgan fingerprint density at radius 2 is 1.82 bits per heavy atom. The number of amides is 1. The number of nitriles is 2. The Hall–Kier alpha value is -3.94. The van der Waals surface area contributed by atoms with Crippen molar-refractivity contribution in [1.82, 2.24) is 10.2 Å². The van der Waals surface area contributed by atoms with Gasteiger partial charge >= 0.3 is 0 Å². The van der Waals surface area contributed by atoms with Crippen LogP contribution < -0.4 is 5.32 Å². The number of benzene rings is 2. The van der Waals surface area contributed by atoms with Gasteiger partial charge in [-0.1, -0.05) is 36.4 Å². The molecule has 2 atom stereocenters. The molecule has 0 spiro atoms. The number of likely N-dealkylation sites (N-methyl/N-ethyl adjacent to an activating group) is 1. The molecule has 0 unspecified atom stereocenters. The third-order valence-corrected chi connectivity index (χ3v) is 7.88. The van der Waals surface area contributed by atoms with Crippen molar-refractivity contribution in [2.75, 3.05) is 7.05 Å². The van der Waals surface area contributed by atoms with Crippen molar-refractivity contribution in [2.24, 2.45) is 0 Å². The van der Waals surface area contributed by atoms with Crippen molar-refractivity contribution >= 4 is 23.2 Å². The minimum atomic E-state index is -0.845. The average molecular weight is 468 g/mol. The number of hydrogen-bond acceptors (Lipinski definition) is 5. The molecule has 1 aromatic heterocycles. The molecule has 0 saturated carbocycles. The van der Waals surface area contributed by atoms with Crippen LogP contribution in [-0.2, 0) is 15.7 Å². The summed E-state index contributed by atoms with van der Waals surface area (Å²) in [6.07, 6.45) is 0. The first-order valence-corrected chi connectivity index (χ1v) is 11.7. The molecule has 6 nitrogen and oxygen atoms in total. The van der Waals surface area contributed by atoms with Crippen LogP contribution in [0, 0.1) is 28.1 Å². The van der Waals surface area contributed by atoms with E-state index in [2.05, 4.69) is 17.5 Å². The van der Waals surface area contributed by atoms with Gasteiger partial charge in [0.05, 0.1) is 34.6 Å². The van der Waals surface area contributed by atoms with Crippen molar-refractivity contribution in [3.8, 4) is 22.6 Å². The highest BCUT2D eigenvalue weighted by Crippen LogP contribution is 2.45.